The lowest BCUT2D eigenvalue weighted by molar-refractivity contribution is 0.0735. The summed E-state index contributed by atoms with van der Waals surface area (Å²) in [6.45, 7) is 3.81. The van der Waals surface area contributed by atoms with Crippen LogP contribution in [0.4, 0.5) is 0 Å². The van der Waals surface area contributed by atoms with E-state index in [9.17, 15) is 13.2 Å². The number of piperidine rings is 1. The van der Waals surface area contributed by atoms with Gasteiger partial charge in [-0.25, -0.2) is 8.42 Å². The Balaban J connectivity index is 0.00000280. The molecule has 2 atom stereocenters. The quantitative estimate of drug-likeness (QED) is 0.793. The highest BCUT2D eigenvalue weighted by atomic mass is 35.5. The first kappa shape index (κ1) is 22.4. The number of hydrogen-bond donors (Lipinski definition) is 1. The number of aromatic nitrogens is 2. The standard InChI is InChI=1S/C19H26N4O3S.ClH/c1-14(15-6-8-17(9-7-15)27(3,25)26)22(2)19(24)18-10-12-23(21-18)16-5-4-11-20-13-16;/h6-10,12,14,16,20H,4-5,11,13H2,1-3H3;1H. The van der Waals surface area contributed by atoms with Crippen LogP contribution in [0.1, 0.15) is 47.9 Å². The van der Waals surface area contributed by atoms with Crippen LogP contribution in [0.25, 0.3) is 0 Å². The second kappa shape index (κ2) is 9.07. The zero-order valence-corrected chi connectivity index (χ0v) is 18.0. The van der Waals surface area contributed by atoms with Crippen LogP contribution in [0.5, 0.6) is 0 Å². The maximum Gasteiger partial charge on any atom is 0.274 e. The monoisotopic (exact) mass is 426 g/mol. The Hall–Kier alpha value is -1.90. The maximum absolute atomic E-state index is 12.8. The topological polar surface area (TPSA) is 84.3 Å². The summed E-state index contributed by atoms with van der Waals surface area (Å²) in [4.78, 5) is 14.7. The van der Waals surface area contributed by atoms with Crippen molar-refractivity contribution in [2.75, 3.05) is 26.4 Å². The highest BCUT2D eigenvalue weighted by molar-refractivity contribution is 7.90. The summed E-state index contributed by atoms with van der Waals surface area (Å²) >= 11 is 0. The minimum absolute atomic E-state index is 0. The number of sulfone groups is 1. The van der Waals surface area contributed by atoms with E-state index in [0.717, 1.165) is 31.5 Å². The van der Waals surface area contributed by atoms with Gasteiger partial charge in [0.15, 0.2) is 9.84 Å². The van der Waals surface area contributed by atoms with Crippen LogP contribution < -0.4 is 5.32 Å². The van der Waals surface area contributed by atoms with Gasteiger partial charge in [0.1, 0.15) is 5.69 Å². The fraction of sp³-hybridized carbons (Fsp3) is 0.474. The third-order valence-corrected chi connectivity index (χ3v) is 6.29. The molecule has 28 heavy (non-hydrogen) atoms. The van der Waals surface area contributed by atoms with Crippen LogP contribution in [0.2, 0.25) is 0 Å². The molecule has 0 saturated carbocycles. The van der Waals surface area contributed by atoms with Gasteiger partial charge in [-0.15, -0.1) is 12.4 Å². The van der Waals surface area contributed by atoms with Crippen molar-refractivity contribution in [2.24, 2.45) is 0 Å². The fourth-order valence-electron chi connectivity index (χ4n) is 3.29. The van der Waals surface area contributed by atoms with Gasteiger partial charge in [-0.05, 0) is 50.1 Å². The van der Waals surface area contributed by atoms with Crippen LogP contribution in [0, 0.1) is 0 Å². The van der Waals surface area contributed by atoms with E-state index >= 15 is 0 Å². The summed E-state index contributed by atoms with van der Waals surface area (Å²) < 4.78 is 25.1. The summed E-state index contributed by atoms with van der Waals surface area (Å²) in [5, 5.41) is 7.83. The molecule has 2 heterocycles. The van der Waals surface area contributed by atoms with Gasteiger partial charge in [0.05, 0.1) is 17.0 Å². The van der Waals surface area contributed by atoms with E-state index in [2.05, 4.69) is 10.4 Å². The van der Waals surface area contributed by atoms with Gasteiger partial charge in [0.25, 0.3) is 5.91 Å². The molecule has 154 valence electrons. The molecule has 1 N–H and O–H groups in total. The number of hydrogen-bond acceptors (Lipinski definition) is 5. The molecule has 1 fully saturated rings. The molecule has 1 aromatic carbocycles. The number of rotatable bonds is 5. The Morgan fingerprint density at radius 1 is 1.29 bits per heavy atom. The second-order valence-electron chi connectivity index (χ2n) is 7.11. The Kier molecular flexibility index (Phi) is 7.25. The van der Waals surface area contributed by atoms with Crippen molar-refractivity contribution in [3.8, 4) is 0 Å². The minimum atomic E-state index is -3.23. The van der Waals surface area contributed by atoms with Crippen LogP contribution in [-0.4, -0.2) is 55.4 Å². The van der Waals surface area contributed by atoms with Crippen molar-refractivity contribution >= 4 is 28.2 Å². The van der Waals surface area contributed by atoms with E-state index in [1.54, 1.807) is 42.3 Å². The molecular formula is C19H27ClN4O3S. The Labute approximate surface area is 172 Å². The molecule has 2 unspecified atom stereocenters. The lowest BCUT2D eigenvalue weighted by atomic mass is 10.1. The molecule has 1 saturated heterocycles. The number of benzene rings is 1. The SMILES string of the molecule is CC(c1ccc(S(C)(=O)=O)cc1)N(C)C(=O)c1ccn(C2CCCNC2)n1.Cl. The highest BCUT2D eigenvalue weighted by Gasteiger charge is 2.23. The van der Waals surface area contributed by atoms with Crippen molar-refractivity contribution in [3.05, 3.63) is 47.8 Å². The van der Waals surface area contributed by atoms with Gasteiger partial charge >= 0.3 is 0 Å². The molecule has 1 aromatic heterocycles. The van der Waals surface area contributed by atoms with Crippen molar-refractivity contribution in [1.82, 2.24) is 20.0 Å². The van der Waals surface area contributed by atoms with E-state index < -0.39 is 9.84 Å². The molecule has 0 radical (unpaired) electrons. The molecule has 0 aliphatic carbocycles. The van der Waals surface area contributed by atoms with Gasteiger partial charge in [0, 0.05) is 26.0 Å². The van der Waals surface area contributed by atoms with Gasteiger partial charge in [-0.3, -0.25) is 9.48 Å². The molecule has 3 rings (SSSR count). The predicted octanol–water partition coefficient (Wildman–Crippen LogP) is 2.47. The largest absolute Gasteiger partial charge is 0.334 e. The van der Waals surface area contributed by atoms with Crippen LogP contribution in [-0.2, 0) is 9.84 Å². The summed E-state index contributed by atoms with van der Waals surface area (Å²) in [5.74, 6) is -0.155. The molecule has 2 aromatic rings. The van der Waals surface area contributed by atoms with Crippen LogP contribution in [0.15, 0.2) is 41.4 Å². The lowest BCUT2D eigenvalue weighted by Gasteiger charge is -2.25. The molecule has 9 heteroatoms. The van der Waals surface area contributed by atoms with Crippen LogP contribution in [0.3, 0.4) is 0 Å². The average Bonchev–Trinajstić information content (AvgIpc) is 3.16. The minimum Gasteiger partial charge on any atom is -0.334 e. The van der Waals surface area contributed by atoms with Gasteiger partial charge in [-0.1, -0.05) is 12.1 Å². The van der Waals surface area contributed by atoms with E-state index in [0.29, 0.717) is 5.69 Å². The van der Waals surface area contributed by atoms with Gasteiger partial charge < -0.3 is 10.2 Å². The van der Waals surface area contributed by atoms with Crippen molar-refractivity contribution in [3.63, 3.8) is 0 Å². The Morgan fingerprint density at radius 2 is 1.96 bits per heavy atom. The van der Waals surface area contributed by atoms with Gasteiger partial charge in [0.2, 0.25) is 0 Å². The average molecular weight is 427 g/mol. The first-order valence-electron chi connectivity index (χ1n) is 9.10. The van der Waals surface area contributed by atoms with Crippen LogP contribution >= 0.6 is 12.4 Å². The van der Waals surface area contributed by atoms with E-state index in [1.807, 2.05) is 17.8 Å². The predicted molar refractivity (Wildman–Crippen MR) is 111 cm³/mol. The maximum atomic E-state index is 12.8. The number of amides is 1. The number of carbonyl (C=O) groups is 1. The molecule has 0 spiro atoms. The second-order valence-corrected chi connectivity index (χ2v) is 9.13. The Morgan fingerprint density at radius 3 is 2.54 bits per heavy atom. The van der Waals surface area contributed by atoms with Crippen molar-refractivity contribution in [1.29, 1.82) is 0 Å². The summed E-state index contributed by atoms with van der Waals surface area (Å²) in [6, 6.07) is 8.48. The fourth-order valence-corrected chi connectivity index (χ4v) is 3.92. The van der Waals surface area contributed by atoms with Gasteiger partial charge in [-0.2, -0.15) is 5.10 Å². The molecule has 1 amide bonds. The number of nitrogens with zero attached hydrogens (tertiary/aromatic N) is 3. The van der Waals surface area contributed by atoms with E-state index in [-0.39, 0.29) is 35.3 Å². The molecule has 0 bridgehead atoms. The summed E-state index contributed by atoms with van der Waals surface area (Å²) in [5.41, 5.74) is 1.29. The molecular weight excluding hydrogens is 400 g/mol. The smallest absolute Gasteiger partial charge is 0.274 e. The first-order valence-corrected chi connectivity index (χ1v) is 11.0. The molecule has 1 aliphatic heterocycles. The summed E-state index contributed by atoms with van der Waals surface area (Å²) in [7, 11) is -1.50. The lowest BCUT2D eigenvalue weighted by Crippen LogP contribution is -2.33. The van der Waals surface area contributed by atoms with E-state index in [4.69, 9.17) is 0 Å². The zero-order valence-electron chi connectivity index (χ0n) is 16.3. The number of carbonyl (C=O) groups excluding carboxylic acids is 1. The highest BCUT2D eigenvalue weighted by Crippen LogP contribution is 2.23. The Bertz CT molecular complexity index is 906. The van der Waals surface area contributed by atoms with Crippen molar-refractivity contribution < 1.29 is 13.2 Å². The summed E-state index contributed by atoms with van der Waals surface area (Å²) in [6.07, 6.45) is 5.21. The van der Waals surface area contributed by atoms with E-state index in [1.165, 1.54) is 6.26 Å². The molecule has 7 nitrogen and oxygen atoms in total. The zero-order chi connectivity index (χ0) is 19.6. The number of halogens is 1. The molecule has 1 aliphatic rings. The first-order chi connectivity index (χ1) is 12.8. The third-order valence-electron chi connectivity index (χ3n) is 5.16. The van der Waals surface area contributed by atoms with Crippen molar-refractivity contribution in [2.45, 2.75) is 36.7 Å². The number of nitrogens with one attached hydrogen (secondary N) is 1. The third kappa shape index (κ3) is 4.92. The normalized spacial score (nSPS) is 18.2.